The lowest BCUT2D eigenvalue weighted by Crippen LogP contribution is -2.39. The highest BCUT2D eigenvalue weighted by Crippen LogP contribution is 2.29. The van der Waals surface area contributed by atoms with E-state index < -0.39 is 0 Å². The number of fused-ring (bicyclic) bond motifs is 1. The van der Waals surface area contributed by atoms with E-state index in [0.29, 0.717) is 6.54 Å². The van der Waals surface area contributed by atoms with Crippen molar-refractivity contribution in [1.29, 1.82) is 0 Å². The summed E-state index contributed by atoms with van der Waals surface area (Å²) < 4.78 is 7.14. The first-order valence-electron chi connectivity index (χ1n) is 8.24. The summed E-state index contributed by atoms with van der Waals surface area (Å²) in [6.45, 7) is 0.537. The zero-order chi connectivity index (χ0) is 17.1. The molecule has 0 fully saturated rings. The third-order valence-corrected chi connectivity index (χ3v) is 4.57. The van der Waals surface area contributed by atoms with Crippen LogP contribution in [0.5, 0.6) is 5.75 Å². The van der Waals surface area contributed by atoms with E-state index >= 15 is 0 Å². The standard InChI is InChI=1S/C18H24N4O2/c1-21(12-13-6-4-7-14(10-13)24-3)18(23)20-16-8-5-9-17-15(16)11-19-22(17)2/h4,6-7,10-11,16H,5,8-9,12H2,1-3H3,(H,20,23)/t16-/m0/s1. The van der Waals surface area contributed by atoms with Crippen LogP contribution in [0.15, 0.2) is 30.5 Å². The predicted octanol–water partition coefficient (Wildman–Crippen LogP) is 2.65. The summed E-state index contributed by atoms with van der Waals surface area (Å²) in [6, 6.07) is 7.75. The van der Waals surface area contributed by atoms with Crippen LogP contribution in [-0.2, 0) is 20.0 Å². The van der Waals surface area contributed by atoms with Crippen LogP contribution in [0.3, 0.4) is 0 Å². The van der Waals surface area contributed by atoms with Crippen molar-refractivity contribution < 1.29 is 9.53 Å². The van der Waals surface area contributed by atoms with Gasteiger partial charge in [-0.3, -0.25) is 4.68 Å². The molecule has 0 saturated carbocycles. The number of rotatable bonds is 4. The summed E-state index contributed by atoms with van der Waals surface area (Å²) in [5, 5.41) is 7.46. The Morgan fingerprint density at radius 3 is 3.12 bits per heavy atom. The van der Waals surface area contributed by atoms with Crippen LogP contribution in [0.4, 0.5) is 4.79 Å². The molecule has 1 atom stereocenters. The molecule has 3 rings (SSSR count). The molecule has 0 bridgehead atoms. The first-order valence-corrected chi connectivity index (χ1v) is 8.24. The van der Waals surface area contributed by atoms with E-state index in [1.807, 2.05) is 49.2 Å². The van der Waals surface area contributed by atoms with Crippen molar-refractivity contribution in [2.24, 2.45) is 7.05 Å². The van der Waals surface area contributed by atoms with Gasteiger partial charge in [-0.15, -0.1) is 0 Å². The quantitative estimate of drug-likeness (QED) is 0.938. The molecule has 24 heavy (non-hydrogen) atoms. The SMILES string of the molecule is COc1cccc(CN(C)C(=O)N[C@H]2CCCc3c2cnn3C)c1. The van der Waals surface area contributed by atoms with E-state index in [4.69, 9.17) is 4.74 Å². The third-order valence-electron chi connectivity index (χ3n) is 4.57. The Hall–Kier alpha value is -2.50. The van der Waals surface area contributed by atoms with Crippen molar-refractivity contribution in [2.45, 2.75) is 31.8 Å². The number of nitrogens with zero attached hydrogens (tertiary/aromatic N) is 3. The maximum atomic E-state index is 12.5. The Morgan fingerprint density at radius 2 is 2.33 bits per heavy atom. The number of hydrogen-bond donors (Lipinski definition) is 1. The number of ether oxygens (including phenoxy) is 1. The van der Waals surface area contributed by atoms with Gasteiger partial charge in [0.15, 0.2) is 0 Å². The second-order valence-corrected chi connectivity index (χ2v) is 6.27. The number of benzene rings is 1. The Balaban J connectivity index is 1.64. The normalized spacial score (nSPS) is 16.4. The van der Waals surface area contributed by atoms with E-state index in [2.05, 4.69) is 10.4 Å². The van der Waals surface area contributed by atoms with Gasteiger partial charge < -0.3 is 15.0 Å². The van der Waals surface area contributed by atoms with Crippen molar-refractivity contribution in [3.05, 3.63) is 47.3 Å². The van der Waals surface area contributed by atoms with Crippen molar-refractivity contribution in [3.63, 3.8) is 0 Å². The number of hydrogen-bond acceptors (Lipinski definition) is 3. The summed E-state index contributed by atoms with van der Waals surface area (Å²) in [6.07, 6.45) is 4.92. The van der Waals surface area contributed by atoms with Gasteiger partial charge in [0.1, 0.15) is 5.75 Å². The maximum Gasteiger partial charge on any atom is 0.317 e. The van der Waals surface area contributed by atoms with Crippen LogP contribution in [0.25, 0.3) is 0 Å². The lowest BCUT2D eigenvalue weighted by atomic mass is 9.93. The first-order chi connectivity index (χ1) is 11.6. The molecule has 1 N–H and O–H groups in total. The van der Waals surface area contributed by atoms with Gasteiger partial charge in [0.25, 0.3) is 0 Å². The van der Waals surface area contributed by atoms with E-state index in [1.54, 1.807) is 12.0 Å². The highest BCUT2D eigenvalue weighted by molar-refractivity contribution is 5.74. The second kappa shape index (κ2) is 6.95. The van der Waals surface area contributed by atoms with Crippen molar-refractivity contribution in [2.75, 3.05) is 14.2 Å². The topological polar surface area (TPSA) is 59.4 Å². The lowest BCUT2D eigenvalue weighted by molar-refractivity contribution is 0.201. The number of methoxy groups -OCH3 is 1. The van der Waals surface area contributed by atoms with Gasteiger partial charge in [0, 0.05) is 31.9 Å². The fourth-order valence-corrected chi connectivity index (χ4v) is 3.23. The summed E-state index contributed by atoms with van der Waals surface area (Å²) >= 11 is 0. The minimum atomic E-state index is -0.0699. The summed E-state index contributed by atoms with van der Waals surface area (Å²) in [5.41, 5.74) is 3.41. The lowest BCUT2D eigenvalue weighted by Gasteiger charge is -2.26. The molecule has 0 unspecified atom stereocenters. The first kappa shape index (κ1) is 16.4. The van der Waals surface area contributed by atoms with Gasteiger partial charge >= 0.3 is 6.03 Å². The molecular formula is C18H24N4O2. The Morgan fingerprint density at radius 1 is 1.50 bits per heavy atom. The van der Waals surface area contributed by atoms with E-state index in [0.717, 1.165) is 36.1 Å². The zero-order valence-corrected chi connectivity index (χ0v) is 14.5. The van der Waals surface area contributed by atoms with Crippen LogP contribution >= 0.6 is 0 Å². The van der Waals surface area contributed by atoms with Crippen LogP contribution in [-0.4, -0.2) is 34.9 Å². The number of carbonyl (C=O) groups excluding carboxylic acids is 1. The largest absolute Gasteiger partial charge is 0.497 e. The molecule has 1 aromatic carbocycles. The van der Waals surface area contributed by atoms with Gasteiger partial charge in [-0.1, -0.05) is 12.1 Å². The van der Waals surface area contributed by atoms with Gasteiger partial charge in [-0.2, -0.15) is 5.10 Å². The van der Waals surface area contributed by atoms with Crippen LogP contribution in [0.2, 0.25) is 0 Å². The highest BCUT2D eigenvalue weighted by atomic mass is 16.5. The number of aryl methyl sites for hydroxylation is 1. The average Bonchev–Trinajstić information content (AvgIpc) is 2.97. The predicted molar refractivity (Wildman–Crippen MR) is 91.9 cm³/mol. The second-order valence-electron chi connectivity index (χ2n) is 6.27. The zero-order valence-electron chi connectivity index (χ0n) is 14.5. The van der Waals surface area contributed by atoms with Crippen LogP contribution < -0.4 is 10.1 Å². The Bertz CT molecular complexity index is 726. The molecule has 1 aromatic heterocycles. The average molecular weight is 328 g/mol. The summed E-state index contributed by atoms with van der Waals surface area (Å²) in [5.74, 6) is 0.800. The molecule has 1 heterocycles. The summed E-state index contributed by atoms with van der Waals surface area (Å²) in [4.78, 5) is 14.2. The Labute approximate surface area is 142 Å². The number of amides is 2. The van der Waals surface area contributed by atoms with Gasteiger partial charge in [-0.25, -0.2) is 4.79 Å². The summed E-state index contributed by atoms with van der Waals surface area (Å²) in [7, 11) is 5.41. The number of aromatic nitrogens is 2. The van der Waals surface area contributed by atoms with Gasteiger partial charge in [0.05, 0.1) is 19.3 Å². The Kier molecular flexibility index (Phi) is 4.74. The molecule has 0 saturated heterocycles. The highest BCUT2D eigenvalue weighted by Gasteiger charge is 2.25. The monoisotopic (exact) mass is 328 g/mol. The third kappa shape index (κ3) is 3.37. The fourth-order valence-electron chi connectivity index (χ4n) is 3.23. The molecule has 1 aliphatic rings. The molecule has 128 valence electrons. The fraction of sp³-hybridized carbons (Fsp3) is 0.444. The van der Waals surface area contributed by atoms with E-state index in [9.17, 15) is 4.79 Å². The molecule has 1 aliphatic carbocycles. The maximum absolute atomic E-state index is 12.5. The smallest absolute Gasteiger partial charge is 0.317 e. The minimum absolute atomic E-state index is 0.0442. The molecular weight excluding hydrogens is 304 g/mol. The van der Waals surface area contributed by atoms with Gasteiger partial charge in [0.2, 0.25) is 0 Å². The van der Waals surface area contributed by atoms with Crippen molar-refractivity contribution >= 4 is 6.03 Å². The molecule has 2 amide bonds. The van der Waals surface area contributed by atoms with Crippen LogP contribution in [0, 0.1) is 0 Å². The van der Waals surface area contributed by atoms with Gasteiger partial charge in [-0.05, 0) is 37.0 Å². The van der Waals surface area contributed by atoms with Crippen LogP contribution in [0.1, 0.15) is 35.7 Å². The molecule has 6 nitrogen and oxygen atoms in total. The van der Waals surface area contributed by atoms with E-state index in [-0.39, 0.29) is 12.1 Å². The molecule has 6 heteroatoms. The molecule has 0 aliphatic heterocycles. The molecule has 0 radical (unpaired) electrons. The van der Waals surface area contributed by atoms with Crippen molar-refractivity contribution in [1.82, 2.24) is 20.0 Å². The van der Waals surface area contributed by atoms with E-state index in [1.165, 1.54) is 5.69 Å². The number of nitrogens with one attached hydrogen (secondary N) is 1. The molecule has 0 spiro atoms. The number of carbonyl (C=O) groups is 1. The van der Waals surface area contributed by atoms with Crippen molar-refractivity contribution in [3.8, 4) is 5.75 Å². The number of urea groups is 1. The minimum Gasteiger partial charge on any atom is -0.497 e. The molecule has 2 aromatic rings.